The highest BCUT2D eigenvalue weighted by molar-refractivity contribution is 5.86. The molecular formula is C39H46FN3O4. The van der Waals surface area contributed by atoms with E-state index in [-0.39, 0.29) is 30.2 Å². The van der Waals surface area contributed by atoms with E-state index in [1.807, 2.05) is 57.2 Å². The minimum atomic E-state index is -0.640. The van der Waals surface area contributed by atoms with Crippen LogP contribution in [-0.4, -0.2) is 64.8 Å². The van der Waals surface area contributed by atoms with E-state index < -0.39 is 17.6 Å². The van der Waals surface area contributed by atoms with Crippen LogP contribution in [0.4, 0.5) is 9.18 Å². The first-order chi connectivity index (χ1) is 22.6. The van der Waals surface area contributed by atoms with E-state index >= 15 is 0 Å². The van der Waals surface area contributed by atoms with Crippen LogP contribution in [0.25, 0.3) is 22.0 Å². The average molecular weight is 640 g/mol. The standard InChI is InChI=1S/C39H46FN3O4/c1-39(2,3)47-38(45)42-21-19-31(27-11-9-12-28(23-27)32-13-5-7-15-35(32)40)34(26-42)37(44)43(30-17-18-30)25-29-24-41(20-10-22-46-4)36-16-8-6-14-33(29)36/h5-9,11-16,23-24,30-31,34H,10,17-22,25-26H2,1-4H3/t31-,34+/m1/s1. The van der Waals surface area contributed by atoms with E-state index in [4.69, 9.17) is 9.47 Å². The molecule has 2 fully saturated rings. The smallest absolute Gasteiger partial charge is 0.410 e. The molecule has 47 heavy (non-hydrogen) atoms. The molecule has 1 aromatic heterocycles. The minimum Gasteiger partial charge on any atom is -0.444 e. The number of methoxy groups -OCH3 is 1. The van der Waals surface area contributed by atoms with E-state index in [1.165, 1.54) is 6.07 Å². The fourth-order valence-electron chi connectivity index (χ4n) is 6.91. The Balaban J connectivity index is 1.33. The molecule has 0 bridgehead atoms. The molecule has 1 saturated carbocycles. The number of halogens is 1. The average Bonchev–Trinajstić information content (AvgIpc) is 3.85. The molecule has 0 radical (unpaired) electrons. The molecule has 3 aromatic carbocycles. The molecule has 8 heteroatoms. The normalized spacial score (nSPS) is 18.4. The van der Waals surface area contributed by atoms with Crippen LogP contribution in [0.1, 0.15) is 63.5 Å². The van der Waals surface area contributed by atoms with E-state index in [9.17, 15) is 14.0 Å². The molecule has 0 N–H and O–H groups in total. The van der Waals surface area contributed by atoms with Crippen LogP contribution in [-0.2, 0) is 27.4 Å². The highest BCUT2D eigenvalue weighted by atomic mass is 19.1. The van der Waals surface area contributed by atoms with Gasteiger partial charge >= 0.3 is 6.09 Å². The Morgan fingerprint density at radius 3 is 2.49 bits per heavy atom. The lowest BCUT2D eigenvalue weighted by atomic mass is 9.79. The largest absolute Gasteiger partial charge is 0.444 e. The number of aryl methyl sites for hydroxylation is 1. The van der Waals surface area contributed by atoms with Crippen molar-refractivity contribution in [2.45, 2.75) is 77.1 Å². The number of carbonyl (C=O) groups is 2. The topological polar surface area (TPSA) is 64.0 Å². The monoisotopic (exact) mass is 639 g/mol. The number of hydrogen-bond acceptors (Lipinski definition) is 4. The van der Waals surface area contributed by atoms with Gasteiger partial charge in [0, 0.05) is 68.6 Å². The molecular weight excluding hydrogens is 593 g/mol. The van der Waals surface area contributed by atoms with Crippen LogP contribution in [0, 0.1) is 11.7 Å². The molecule has 7 nitrogen and oxygen atoms in total. The molecule has 2 aliphatic rings. The van der Waals surface area contributed by atoms with Crippen LogP contribution in [0.5, 0.6) is 0 Å². The van der Waals surface area contributed by atoms with Gasteiger partial charge in [0.1, 0.15) is 11.4 Å². The van der Waals surface area contributed by atoms with Gasteiger partial charge in [-0.05, 0) is 81.2 Å². The van der Waals surface area contributed by atoms with Crippen LogP contribution in [0.2, 0.25) is 0 Å². The number of rotatable bonds is 10. The van der Waals surface area contributed by atoms with E-state index in [1.54, 1.807) is 24.1 Å². The molecule has 0 unspecified atom stereocenters. The van der Waals surface area contributed by atoms with Crippen LogP contribution in [0.3, 0.4) is 0 Å². The van der Waals surface area contributed by atoms with E-state index in [0.29, 0.717) is 31.7 Å². The Hall–Kier alpha value is -4.17. The van der Waals surface area contributed by atoms with Gasteiger partial charge in [0.25, 0.3) is 0 Å². The molecule has 2 atom stereocenters. The van der Waals surface area contributed by atoms with Crippen molar-refractivity contribution >= 4 is 22.9 Å². The summed E-state index contributed by atoms with van der Waals surface area (Å²) < 4.78 is 28.1. The first-order valence-electron chi connectivity index (χ1n) is 16.8. The summed E-state index contributed by atoms with van der Waals surface area (Å²) >= 11 is 0. The van der Waals surface area contributed by atoms with Gasteiger partial charge in [0.2, 0.25) is 5.91 Å². The number of likely N-dealkylation sites (tertiary alicyclic amines) is 1. The summed E-state index contributed by atoms with van der Waals surface area (Å²) in [6.07, 6.45) is 5.23. The van der Waals surface area contributed by atoms with Gasteiger partial charge in [-0.1, -0.05) is 60.7 Å². The molecule has 2 heterocycles. The summed E-state index contributed by atoms with van der Waals surface area (Å²) in [4.78, 5) is 31.9. The predicted octanol–water partition coefficient (Wildman–Crippen LogP) is 8.02. The molecule has 1 aliphatic heterocycles. The summed E-state index contributed by atoms with van der Waals surface area (Å²) in [5.74, 6) is -0.830. The molecule has 1 aliphatic carbocycles. The van der Waals surface area contributed by atoms with Gasteiger partial charge in [-0.2, -0.15) is 0 Å². The van der Waals surface area contributed by atoms with Crippen LogP contribution in [0.15, 0.2) is 79.0 Å². The third-order valence-corrected chi connectivity index (χ3v) is 9.31. The summed E-state index contributed by atoms with van der Waals surface area (Å²) in [5.41, 5.74) is 3.93. The number of fused-ring (bicyclic) bond motifs is 1. The van der Waals surface area contributed by atoms with Gasteiger partial charge in [0.15, 0.2) is 0 Å². The molecule has 4 aromatic rings. The van der Waals surface area contributed by atoms with Gasteiger partial charge in [0.05, 0.1) is 5.92 Å². The zero-order valence-corrected chi connectivity index (χ0v) is 28.0. The molecule has 248 valence electrons. The SMILES string of the molecule is COCCCn1cc(CN(C(=O)[C@H]2CN(C(=O)OC(C)(C)C)CC[C@@H]2c2cccc(-c3ccccc3F)c2)C2CC2)c2ccccc21. The summed E-state index contributed by atoms with van der Waals surface area (Å²) in [7, 11) is 1.72. The van der Waals surface area contributed by atoms with Crippen molar-refractivity contribution in [2.24, 2.45) is 5.92 Å². The van der Waals surface area contributed by atoms with Crippen molar-refractivity contribution in [3.05, 3.63) is 95.9 Å². The maximum absolute atomic E-state index is 14.8. The number of ether oxygens (including phenoxy) is 2. The van der Waals surface area contributed by atoms with Crippen molar-refractivity contribution in [2.75, 3.05) is 26.8 Å². The second-order valence-electron chi connectivity index (χ2n) is 13.9. The van der Waals surface area contributed by atoms with Crippen molar-refractivity contribution in [1.82, 2.24) is 14.4 Å². The Kier molecular flexibility index (Phi) is 9.69. The highest BCUT2D eigenvalue weighted by Gasteiger charge is 2.43. The molecule has 2 amide bonds. The number of hydrogen-bond donors (Lipinski definition) is 0. The zero-order valence-electron chi connectivity index (χ0n) is 28.0. The summed E-state index contributed by atoms with van der Waals surface area (Å²) in [6, 6.07) is 23.2. The fourth-order valence-corrected chi connectivity index (χ4v) is 6.91. The second kappa shape index (κ2) is 13.9. The maximum Gasteiger partial charge on any atom is 0.410 e. The lowest BCUT2D eigenvalue weighted by Gasteiger charge is -2.40. The summed E-state index contributed by atoms with van der Waals surface area (Å²) in [5, 5.41) is 1.15. The lowest BCUT2D eigenvalue weighted by molar-refractivity contribution is -0.139. The Labute approximate surface area is 277 Å². The van der Waals surface area contributed by atoms with Crippen molar-refractivity contribution in [3.63, 3.8) is 0 Å². The number of carbonyl (C=O) groups excluding carboxylic acids is 2. The predicted molar refractivity (Wildman–Crippen MR) is 182 cm³/mol. The molecule has 1 saturated heterocycles. The first kappa shape index (κ1) is 32.8. The first-order valence-corrected chi connectivity index (χ1v) is 16.8. The Bertz CT molecular complexity index is 1720. The van der Waals surface area contributed by atoms with E-state index in [2.05, 4.69) is 33.9 Å². The number of amides is 2. The van der Waals surface area contributed by atoms with Gasteiger partial charge < -0.3 is 23.8 Å². The quantitative estimate of drug-likeness (QED) is 0.165. The van der Waals surface area contributed by atoms with Crippen molar-refractivity contribution in [3.8, 4) is 11.1 Å². The molecule has 6 rings (SSSR count). The number of para-hydroxylation sites is 1. The van der Waals surface area contributed by atoms with Gasteiger partial charge in [-0.3, -0.25) is 4.79 Å². The number of benzene rings is 3. The highest BCUT2D eigenvalue weighted by Crippen LogP contribution is 2.40. The number of aromatic nitrogens is 1. The Morgan fingerprint density at radius 1 is 0.979 bits per heavy atom. The van der Waals surface area contributed by atoms with Crippen molar-refractivity contribution in [1.29, 1.82) is 0 Å². The third kappa shape index (κ3) is 7.54. The van der Waals surface area contributed by atoms with Crippen LogP contribution < -0.4 is 0 Å². The number of piperidine rings is 1. The molecule has 0 spiro atoms. The third-order valence-electron chi connectivity index (χ3n) is 9.31. The fraction of sp³-hybridized carbons (Fsp3) is 0.436. The van der Waals surface area contributed by atoms with Crippen molar-refractivity contribution < 1.29 is 23.5 Å². The van der Waals surface area contributed by atoms with Gasteiger partial charge in [-0.25, -0.2) is 9.18 Å². The zero-order chi connectivity index (χ0) is 33.1. The lowest BCUT2D eigenvalue weighted by Crippen LogP contribution is -2.51. The van der Waals surface area contributed by atoms with Crippen LogP contribution >= 0.6 is 0 Å². The van der Waals surface area contributed by atoms with E-state index in [0.717, 1.165) is 53.4 Å². The minimum absolute atomic E-state index is 0.0540. The Morgan fingerprint density at radius 2 is 1.74 bits per heavy atom. The number of nitrogens with zero attached hydrogens (tertiary/aromatic N) is 3. The second-order valence-corrected chi connectivity index (χ2v) is 13.9. The maximum atomic E-state index is 14.8. The summed E-state index contributed by atoms with van der Waals surface area (Å²) in [6.45, 7) is 8.34. The van der Waals surface area contributed by atoms with Gasteiger partial charge in [-0.15, -0.1) is 0 Å².